The molecule has 0 N–H and O–H groups in total. The number of ether oxygens (including phenoxy) is 3. The van der Waals surface area contributed by atoms with Gasteiger partial charge in [0.25, 0.3) is 5.56 Å². The van der Waals surface area contributed by atoms with Gasteiger partial charge in [-0.1, -0.05) is 87.4 Å². The van der Waals surface area contributed by atoms with E-state index in [0.717, 1.165) is 26.7 Å². The van der Waals surface area contributed by atoms with E-state index in [4.69, 9.17) is 14.2 Å². The number of aryl methyl sites for hydroxylation is 1. The molecule has 5 rings (SSSR count). The number of benzene rings is 3. The van der Waals surface area contributed by atoms with Crippen LogP contribution in [-0.2, 0) is 16.1 Å². The van der Waals surface area contributed by atoms with Crippen LogP contribution in [0.15, 0.2) is 92.3 Å². The molecule has 0 saturated heterocycles. The van der Waals surface area contributed by atoms with E-state index >= 15 is 0 Å². The van der Waals surface area contributed by atoms with Crippen molar-refractivity contribution < 1.29 is 19.0 Å². The Hall–Kier alpha value is -3.95. The van der Waals surface area contributed by atoms with Crippen LogP contribution in [0.2, 0.25) is 0 Å². The first-order chi connectivity index (χ1) is 20.3. The Morgan fingerprint density at radius 1 is 1.00 bits per heavy atom. The van der Waals surface area contributed by atoms with Gasteiger partial charge in [-0.3, -0.25) is 9.36 Å². The molecular formula is C33H31BrN2O5S. The molecule has 0 fully saturated rings. The summed E-state index contributed by atoms with van der Waals surface area (Å²) in [5.74, 6) is 0.697. The quantitative estimate of drug-likeness (QED) is 0.213. The molecule has 3 aromatic carbocycles. The lowest BCUT2D eigenvalue weighted by atomic mass is 9.95. The Balaban J connectivity index is 1.60. The van der Waals surface area contributed by atoms with Crippen LogP contribution < -0.4 is 24.4 Å². The number of aromatic nitrogens is 1. The van der Waals surface area contributed by atoms with Crippen LogP contribution in [-0.4, -0.2) is 23.8 Å². The van der Waals surface area contributed by atoms with Gasteiger partial charge >= 0.3 is 5.97 Å². The van der Waals surface area contributed by atoms with Gasteiger partial charge in [-0.2, -0.15) is 0 Å². The first-order valence-electron chi connectivity index (χ1n) is 13.7. The summed E-state index contributed by atoms with van der Waals surface area (Å²) in [4.78, 5) is 32.3. The summed E-state index contributed by atoms with van der Waals surface area (Å²) in [7, 11) is 0. The van der Waals surface area contributed by atoms with Crippen LogP contribution in [0, 0.1) is 6.92 Å². The molecule has 1 aliphatic rings. The average molecular weight is 648 g/mol. The van der Waals surface area contributed by atoms with Gasteiger partial charge in [0.1, 0.15) is 6.61 Å². The van der Waals surface area contributed by atoms with E-state index in [1.54, 1.807) is 18.4 Å². The normalized spacial score (nSPS) is 14.8. The predicted octanol–water partition coefficient (Wildman–Crippen LogP) is 5.85. The molecule has 1 aliphatic heterocycles. The maximum Gasteiger partial charge on any atom is 0.338 e. The van der Waals surface area contributed by atoms with Crippen LogP contribution in [0.1, 0.15) is 49.1 Å². The van der Waals surface area contributed by atoms with Crippen molar-refractivity contribution in [1.82, 2.24) is 4.57 Å². The van der Waals surface area contributed by atoms with E-state index < -0.39 is 12.0 Å². The van der Waals surface area contributed by atoms with Crippen LogP contribution in [0.5, 0.6) is 11.5 Å². The summed E-state index contributed by atoms with van der Waals surface area (Å²) in [5, 5.41) is 0. The molecule has 0 bridgehead atoms. The highest BCUT2D eigenvalue weighted by Gasteiger charge is 2.33. The number of rotatable bonds is 9. The van der Waals surface area contributed by atoms with Crippen molar-refractivity contribution in [3.63, 3.8) is 0 Å². The Kier molecular flexibility index (Phi) is 9.09. The summed E-state index contributed by atoms with van der Waals surface area (Å²) in [6, 6.07) is 20.8. The molecule has 0 spiro atoms. The maximum atomic E-state index is 14.0. The summed E-state index contributed by atoms with van der Waals surface area (Å²) in [6.07, 6.45) is 1.81. The SMILES string of the molecule is CCOC(=O)C1=C(C)N=c2s/c(=C/c3cc(OCC)c(OCc4ccccc4)cc3Br)c(=O)n2[C@@H]1c1ccc(C)cc1. The molecule has 0 unspecified atom stereocenters. The van der Waals surface area contributed by atoms with Crippen molar-refractivity contribution in [3.05, 3.63) is 124 Å². The third kappa shape index (κ3) is 6.12. The Bertz CT molecular complexity index is 1830. The minimum absolute atomic E-state index is 0.224. The number of allylic oxidation sites excluding steroid dienone is 1. The lowest BCUT2D eigenvalue weighted by Gasteiger charge is -2.24. The topological polar surface area (TPSA) is 79.1 Å². The molecule has 4 aromatic rings. The third-order valence-electron chi connectivity index (χ3n) is 6.80. The molecular weight excluding hydrogens is 616 g/mol. The minimum atomic E-state index is -0.653. The number of hydrogen-bond donors (Lipinski definition) is 0. The van der Waals surface area contributed by atoms with Crippen molar-refractivity contribution >= 4 is 39.3 Å². The van der Waals surface area contributed by atoms with E-state index in [1.807, 2.05) is 86.7 Å². The van der Waals surface area contributed by atoms with Gasteiger partial charge in [0.2, 0.25) is 0 Å². The second-order valence-corrected chi connectivity index (χ2v) is 11.6. The van der Waals surface area contributed by atoms with Crippen molar-refractivity contribution in [1.29, 1.82) is 0 Å². The Morgan fingerprint density at radius 2 is 1.71 bits per heavy atom. The van der Waals surface area contributed by atoms with E-state index in [-0.39, 0.29) is 12.2 Å². The summed E-state index contributed by atoms with van der Waals surface area (Å²) >= 11 is 4.94. The van der Waals surface area contributed by atoms with Gasteiger partial charge in [-0.15, -0.1) is 0 Å². The zero-order valence-corrected chi connectivity index (χ0v) is 26.3. The largest absolute Gasteiger partial charge is 0.490 e. The van der Waals surface area contributed by atoms with Crippen LogP contribution >= 0.6 is 27.3 Å². The maximum absolute atomic E-state index is 14.0. The van der Waals surface area contributed by atoms with Crippen LogP contribution in [0.4, 0.5) is 0 Å². The lowest BCUT2D eigenvalue weighted by Crippen LogP contribution is -2.39. The highest BCUT2D eigenvalue weighted by Crippen LogP contribution is 2.35. The molecule has 1 aromatic heterocycles. The first kappa shape index (κ1) is 29.5. The highest BCUT2D eigenvalue weighted by atomic mass is 79.9. The van der Waals surface area contributed by atoms with Crippen molar-refractivity contribution in [2.45, 2.75) is 40.3 Å². The molecule has 7 nitrogen and oxygen atoms in total. The lowest BCUT2D eigenvalue weighted by molar-refractivity contribution is -0.139. The Labute approximate surface area is 256 Å². The first-order valence-corrected chi connectivity index (χ1v) is 15.3. The standard InChI is InChI=1S/C33H31BrN2O5S/c1-5-39-26-16-24(25(34)18-27(26)41-19-22-10-8-7-9-11-22)17-28-31(37)36-30(23-14-12-20(3)13-15-23)29(32(38)40-6-2)21(4)35-33(36)42-28/h7-18,30H,5-6,19H2,1-4H3/b28-17+/t30-/m1/s1. The molecule has 9 heteroatoms. The van der Waals surface area contributed by atoms with Crippen molar-refractivity contribution in [3.8, 4) is 11.5 Å². The zero-order valence-electron chi connectivity index (χ0n) is 23.8. The van der Waals surface area contributed by atoms with Crippen molar-refractivity contribution in [2.24, 2.45) is 4.99 Å². The van der Waals surface area contributed by atoms with E-state index in [9.17, 15) is 9.59 Å². The molecule has 1 atom stereocenters. The number of nitrogens with zero attached hydrogens (tertiary/aromatic N) is 2. The number of esters is 1. The van der Waals surface area contributed by atoms with Crippen molar-refractivity contribution in [2.75, 3.05) is 13.2 Å². The molecule has 0 radical (unpaired) electrons. The molecule has 0 amide bonds. The van der Waals surface area contributed by atoms with Gasteiger partial charge in [-0.05, 0) is 62.6 Å². The summed E-state index contributed by atoms with van der Waals surface area (Å²) in [5.41, 5.74) is 4.34. The van der Waals surface area contributed by atoms with Gasteiger partial charge < -0.3 is 14.2 Å². The number of fused-ring (bicyclic) bond motifs is 1. The molecule has 0 aliphatic carbocycles. The number of halogens is 1. The smallest absolute Gasteiger partial charge is 0.338 e. The summed E-state index contributed by atoms with van der Waals surface area (Å²) in [6.45, 7) is 8.52. The monoisotopic (exact) mass is 646 g/mol. The third-order valence-corrected chi connectivity index (χ3v) is 8.47. The number of thiazole rings is 1. The van der Waals surface area contributed by atoms with Gasteiger partial charge in [0.05, 0.1) is 35.1 Å². The van der Waals surface area contributed by atoms with Crippen LogP contribution in [0.3, 0.4) is 0 Å². The van der Waals surface area contributed by atoms with E-state index in [0.29, 0.717) is 45.3 Å². The molecule has 216 valence electrons. The van der Waals surface area contributed by atoms with Gasteiger partial charge in [0, 0.05) is 4.47 Å². The predicted molar refractivity (Wildman–Crippen MR) is 168 cm³/mol. The number of carbonyl (C=O) groups excluding carboxylic acids is 1. The fraction of sp³-hybridized carbons (Fsp3) is 0.242. The van der Waals surface area contributed by atoms with Gasteiger partial charge in [0.15, 0.2) is 16.3 Å². The van der Waals surface area contributed by atoms with Gasteiger partial charge in [-0.25, -0.2) is 9.79 Å². The second-order valence-electron chi connectivity index (χ2n) is 9.74. The Morgan fingerprint density at radius 3 is 2.40 bits per heavy atom. The molecule has 0 saturated carbocycles. The van der Waals surface area contributed by atoms with E-state index in [1.165, 1.54) is 11.3 Å². The summed E-state index contributed by atoms with van der Waals surface area (Å²) < 4.78 is 20.2. The van der Waals surface area contributed by atoms with Crippen LogP contribution in [0.25, 0.3) is 6.08 Å². The number of carbonyl (C=O) groups is 1. The minimum Gasteiger partial charge on any atom is -0.490 e. The fourth-order valence-corrected chi connectivity index (χ4v) is 6.25. The fourth-order valence-electron chi connectivity index (χ4n) is 4.77. The van der Waals surface area contributed by atoms with E-state index in [2.05, 4.69) is 20.9 Å². The number of hydrogen-bond acceptors (Lipinski definition) is 7. The zero-order chi connectivity index (χ0) is 29.8. The molecule has 42 heavy (non-hydrogen) atoms. The molecule has 2 heterocycles. The average Bonchev–Trinajstić information content (AvgIpc) is 3.28. The second kappa shape index (κ2) is 12.9. The highest BCUT2D eigenvalue weighted by molar-refractivity contribution is 9.10.